The lowest BCUT2D eigenvalue weighted by Gasteiger charge is -2.28. The molecule has 1 amide bonds. The van der Waals surface area contributed by atoms with Gasteiger partial charge in [-0.05, 0) is 25.0 Å². The number of benzene rings is 1. The number of aromatic amines is 1. The fraction of sp³-hybridized carbons (Fsp3) is 0.471. The average Bonchev–Trinajstić information content (AvgIpc) is 3.06. The van der Waals surface area contributed by atoms with E-state index < -0.39 is 0 Å². The highest BCUT2D eigenvalue weighted by Crippen LogP contribution is 2.28. The van der Waals surface area contributed by atoms with Gasteiger partial charge in [-0.15, -0.1) is 12.4 Å². The Hall–Kier alpha value is -2.12. The monoisotopic (exact) mass is 366 g/mol. The molecule has 1 fully saturated rings. The maximum Gasteiger partial charge on any atom is 0.273 e. The van der Waals surface area contributed by atoms with Crippen LogP contribution in [0.3, 0.4) is 0 Å². The van der Waals surface area contributed by atoms with Crippen molar-refractivity contribution >= 4 is 29.1 Å². The topological polar surface area (TPSA) is 110 Å². The largest absolute Gasteiger partial charge is 0.349 e. The van der Waals surface area contributed by atoms with Crippen LogP contribution in [0, 0.1) is 0 Å². The van der Waals surface area contributed by atoms with Crippen molar-refractivity contribution in [3.63, 3.8) is 0 Å². The van der Waals surface area contributed by atoms with Crippen LogP contribution in [0.2, 0.25) is 0 Å². The van der Waals surface area contributed by atoms with Crippen molar-refractivity contribution in [2.24, 2.45) is 5.73 Å². The van der Waals surface area contributed by atoms with Gasteiger partial charge in [-0.1, -0.05) is 25.0 Å². The van der Waals surface area contributed by atoms with Gasteiger partial charge >= 0.3 is 0 Å². The van der Waals surface area contributed by atoms with E-state index in [1.165, 1.54) is 4.68 Å². The van der Waals surface area contributed by atoms with E-state index in [0.717, 1.165) is 25.7 Å². The molecule has 1 aromatic carbocycles. The van der Waals surface area contributed by atoms with Gasteiger partial charge < -0.3 is 11.1 Å². The van der Waals surface area contributed by atoms with E-state index in [9.17, 15) is 14.4 Å². The SMILES string of the molecule is Cl.NCC1(NC(=O)CCn2[nH]c(=O)c3ccccc3c2=O)CCCC1. The predicted octanol–water partition coefficient (Wildman–Crippen LogP) is 0.889. The van der Waals surface area contributed by atoms with Crippen LogP contribution in [0.1, 0.15) is 32.1 Å². The molecule has 8 heteroatoms. The van der Waals surface area contributed by atoms with Crippen LogP contribution in [0.25, 0.3) is 10.8 Å². The highest BCUT2D eigenvalue weighted by atomic mass is 35.5. The molecule has 25 heavy (non-hydrogen) atoms. The zero-order valence-electron chi connectivity index (χ0n) is 13.9. The molecule has 1 aliphatic carbocycles. The molecular weight excluding hydrogens is 344 g/mol. The molecule has 0 bridgehead atoms. The van der Waals surface area contributed by atoms with Crippen molar-refractivity contribution in [2.45, 2.75) is 44.2 Å². The van der Waals surface area contributed by atoms with Crippen molar-refractivity contribution in [3.8, 4) is 0 Å². The number of hydrogen-bond acceptors (Lipinski definition) is 4. The Kier molecular flexibility index (Phi) is 6.02. The Morgan fingerprint density at radius 2 is 1.84 bits per heavy atom. The molecule has 2 aromatic rings. The molecule has 3 rings (SSSR count). The first-order valence-electron chi connectivity index (χ1n) is 8.28. The highest BCUT2D eigenvalue weighted by Gasteiger charge is 2.33. The second kappa shape index (κ2) is 7.84. The summed E-state index contributed by atoms with van der Waals surface area (Å²) in [4.78, 5) is 36.7. The molecule has 1 heterocycles. The first-order chi connectivity index (χ1) is 11.5. The zero-order chi connectivity index (χ0) is 17.2. The Morgan fingerprint density at radius 1 is 1.20 bits per heavy atom. The zero-order valence-corrected chi connectivity index (χ0v) is 14.7. The third-order valence-corrected chi connectivity index (χ3v) is 4.80. The molecule has 7 nitrogen and oxygen atoms in total. The summed E-state index contributed by atoms with van der Waals surface area (Å²) in [7, 11) is 0. The fourth-order valence-corrected chi connectivity index (χ4v) is 3.41. The summed E-state index contributed by atoms with van der Waals surface area (Å²) in [6.45, 7) is 0.552. The highest BCUT2D eigenvalue weighted by molar-refractivity contribution is 5.85. The Labute approximate surface area is 151 Å². The first kappa shape index (κ1) is 19.2. The maximum absolute atomic E-state index is 12.4. The number of nitrogens with zero attached hydrogens (tertiary/aromatic N) is 1. The van der Waals surface area contributed by atoms with E-state index in [1.54, 1.807) is 24.3 Å². The lowest BCUT2D eigenvalue weighted by molar-refractivity contribution is -0.123. The molecule has 0 atom stereocenters. The summed E-state index contributed by atoms with van der Waals surface area (Å²) in [6, 6.07) is 6.65. The van der Waals surface area contributed by atoms with Gasteiger partial charge in [-0.2, -0.15) is 0 Å². The minimum absolute atomic E-state index is 0. The van der Waals surface area contributed by atoms with Crippen LogP contribution < -0.4 is 22.2 Å². The number of nitrogens with one attached hydrogen (secondary N) is 2. The maximum atomic E-state index is 12.4. The molecular formula is C17H23ClN4O3. The van der Waals surface area contributed by atoms with Crippen molar-refractivity contribution in [1.82, 2.24) is 15.1 Å². The summed E-state index contributed by atoms with van der Waals surface area (Å²) >= 11 is 0. The predicted molar refractivity (Wildman–Crippen MR) is 99.1 cm³/mol. The minimum Gasteiger partial charge on any atom is -0.349 e. The number of H-pyrrole nitrogens is 1. The number of carbonyl (C=O) groups is 1. The molecule has 1 aromatic heterocycles. The van der Waals surface area contributed by atoms with Crippen LogP contribution in [-0.2, 0) is 11.3 Å². The van der Waals surface area contributed by atoms with Crippen LogP contribution in [0.4, 0.5) is 0 Å². The average molecular weight is 367 g/mol. The van der Waals surface area contributed by atoms with Gasteiger partial charge in [0.25, 0.3) is 11.1 Å². The normalized spacial score (nSPS) is 15.7. The van der Waals surface area contributed by atoms with Gasteiger partial charge in [0.2, 0.25) is 5.91 Å². The number of fused-ring (bicyclic) bond motifs is 1. The van der Waals surface area contributed by atoms with Gasteiger partial charge in [0.05, 0.1) is 22.9 Å². The van der Waals surface area contributed by atoms with E-state index in [0.29, 0.717) is 17.3 Å². The fourth-order valence-electron chi connectivity index (χ4n) is 3.41. The van der Waals surface area contributed by atoms with Crippen LogP contribution in [0.5, 0.6) is 0 Å². The first-order valence-corrected chi connectivity index (χ1v) is 8.28. The smallest absolute Gasteiger partial charge is 0.273 e. The lowest BCUT2D eigenvalue weighted by Crippen LogP contribution is -2.51. The van der Waals surface area contributed by atoms with E-state index in [-0.39, 0.29) is 47.9 Å². The molecule has 0 spiro atoms. The number of hydrogen-bond donors (Lipinski definition) is 3. The van der Waals surface area contributed by atoms with E-state index in [4.69, 9.17) is 5.73 Å². The number of amides is 1. The van der Waals surface area contributed by atoms with Crippen LogP contribution in [-0.4, -0.2) is 27.8 Å². The van der Waals surface area contributed by atoms with Crippen LogP contribution in [0.15, 0.2) is 33.9 Å². The van der Waals surface area contributed by atoms with Gasteiger partial charge in [-0.3, -0.25) is 19.5 Å². The quantitative estimate of drug-likeness (QED) is 0.729. The molecule has 0 aliphatic heterocycles. The second-order valence-electron chi connectivity index (χ2n) is 6.43. The third kappa shape index (κ3) is 3.93. The molecule has 1 aliphatic rings. The van der Waals surface area contributed by atoms with Gasteiger partial charge in [0.1, 0.15) is 0 Å². The molecule has 136 valence electrons. The number of halogens is 1. The number of aryl methyl sites for hydroxylation is 1. The summed E-state index contributed by atoms with van der Waals surface area (Å²) in [6.07, 6.45) is 4.03. The minimum atomic E-state index is -0.333. The number of aromatic nitrogens is 2. The molecule has 0 saturated heterocycles. The van der Waals surface area contributed by atoms with Gasteiger partial charge in [-0.25, -0.2) is 4.68 Å². The van der Waals surface area contributed by atoms with E-state index in [1.807, 2.05) is 0 Å². The lowest BCUT2D eigenvalue weighted by atomic mass is 9.97. The molecule has 0 radical (unpaired) electrons. The molecule has 0 unspecified atom stereocenters. The van der Waals surface area contributed by atoms with Crippen LogP contribution >= 0.6 is 12.4 Å². The molecule has 1 saturated carbocycles. The Morgan fingerprint density at radius 3 is 2.48 bits per heavy atom. The third-order valence-electron chi connectivity index (χ3n) is 4.80. The van der Waals surface area contributed by atoms with Gasteiger partial charge in [0, 0.05) is 13.0 Å². The van der Waals surface area contributed by atoms with E-state index >= 15 is 0 Å². The Balaban J connectivity index is 0.00000225. The Bertz CT molecular complexity index is 868. The standard InChI is InChI=1S/C17H22N4O3.ClH/c18-11-17(8-3-4-9-17)19-14(22)7-10-21-16(24)13-6-2-1-5-12(13)15(23)20-21;/h1-2,5-6H,3-4,7-11,18H2,(H,19,22)(H,20,23);1H. The summed E-state index contributed by atoms with van der Waals surface area (Å²) in [5.74, 6) is -0.150. The van der Waals surface area contributed by atoms with E-state index in [2.05, 4.69) is 10.4 Å². The number of rotatable bonds is 5. The second-order valence-corrected chi connectivity index (χ2v) is 6.43. The molecule has 4 N–H and O–H groups in total. The summed E-state index contributed by atoms with van der Waals surface area (Å²) in [5, 5.41) is 6.26. The van der Waals surface area contributed by atoms with Crippen molar-refractivity contribution in [3.05, 3.63) is 45.0 Å². The van der Waals surface area contributed by atoms with Crippen molar-refractivity contribution < 1.29 is 4.79 Å². The van der Waals surface area contributed by atoms with Crippen molar-refractivity contribution in [1.29, 1.82) is 0 Å². The number of nitrogens with two attached hydrogens (primary N) is 1. The summed E-state index contributed by atoms with van der Waals surface area (Å²) in [5.41, 5.74) is 4.87. The summed E-state index contributed by atoms with van der Waals surface area (Å²) < 4.78 is 1.20. The van der Waals surface area contributed by atoms with Crippen molar-refractivity contribution in [2.75, 3.05) is 6.54 Å². The van der Waals surface area contributed by atoms with Gasteiger partial charge in [0.15, 0.2) is 0 Å². The number of carbonyl (C=O) groups excluding carboxylic acids is 1.